The first-order valence-electron chi connectivity index (χ1n) is 24.4. The fourth-order valence-corrected chi connectivity index (χ4v) is 7.60. The quantitative estimate of drug-likeness (QED) is 0.0325. The Hall–Kier alpha value is -1.40. The summed E-state index contributed by atoms with van der Waals surface area (Å²) in [5.41, 5.74) is 0. The zero-order valence-electron chi connectivity index (χ0n) is 37.1. The lowest BCUT2D eigenvalue weighted by Crippen LogP contribution is -2.46. The first-order chi connectivity index (χ1) is 27.0. The number of allylic oxidation sites excluding steroid dienone is 2. The lowest BCUT2D eigenvalue weighted by Gasteiger charge is -2.24. The highest BCUT2D eigenvalue weighted by molar-refractivity contribution is 5.77. The molecule has 326 valence electrons. The van der Waals surface area contributed by atoms with Gasteiger partial charge in [-0.2, -0.15) is 0 Å². The molecule has 0 aliphatic carbocycles. The summed E-state index contributed by atoms with van der Waals surface area (Å²) in [6.45, 7) is 6.44. The molecule has 0 aromatic carbocycles. The van der Waals surface area contributed by atoms with Gasteiger partial charge in [-0.05, 0) is 51.4 Å². The Bertz CT molecular complexity index is 832. The van der Waals surface area contributed by atoms with E-state index >= 15 is 0 Å². The Morgan fingerprint density at radius 2 is 0.873 bits per heavy atom. The highest BCUT2D eigenvalue weighted by atomic mass is 16.5. The van der Waals surface area contributed by atoms with Gasteiger partial charge in [0.2, 0.25) is 5.91 Å². The minimum atomic E-state index is -0.781. The zero-order chi connectivity index (χ0) is 40.3. The van der Waals surface area contributed by atoms with Gasteiger partial charge in [-0.1, -0.05) is 213 Å². The fraction of sp³-hybridized carbons (Fsp3) is 0.918. The first kappa shape index (κ1) is 53.6. The summed E-state index contributed by atoms with van der Waals surface area (Å²) in [4.78, 5) is 25.9. The monoisotopic (exact) mass is 778 g/mol. The number of hydrogen-bond donors (Lipinski definition) is 3. The van der Waals surface area contributed by atoms with E-state index in [2.05, 4.69) is 38.2 Å². The number of carbonyl (C=O) groups excluding carboxylic acids is 2. The van der Waals surface area contributed by atoms with Crippen molar-refractivity contribution in [3.05, 3.63) is 12.2 Å². The molecule has 0 saturated heterocycles. The molecule has 0 spiro atoms. The number of carbonyl (C=O) groups is 2. The summed E-state index contributed by atoms with van der Waals surface area (Å²) in [6, 6.07) is -0.694. The van der Waals surface area contributed by atoms with Crippen molar-refractivity contribution in [1.82, 2.24) is 5.32 Å². The minimum absolute atomic E-state index is 0.0792. The van der Waals surface area contributed by atoms with Crippen LogP contribution in [0.15, 0.2) is 12.2 Å². The average molecular weight is 778 g/mol. The molecule has 3 N–H and O–H groups in total. The van der Waals surface area contributed by atoms with Gasteiger partial charge >= 0.3 is 5.97 Å². The topological polar surface area (TPSA) is 95.9 Å². The fourth-order valence-electron chi connectivity index (χ4n) is 7.60. The second-order valence-electron chi connectivity index (χ2n) is 16.9. The maximum absolute atomic E-state index is 13.1. The van der Waals surface area contributed by atoms with Crippen molar-refractivity contribution in [3.63, 3.8) is 0 Å². The van der Waals surface area contributed by atoms with Crippen LogP contribution in [0.3, 0.4) is 0 Å². The molecule has 6 heteroatoms. The van der Waals surface area contributed by atoms with Crippen LogP contribution in [0.4, 0.5) is 0 Å². The smallest absolute Gasteiger partial charge is 0.306 e. The van der Waals surface area contributed by atoms with Gasteiger partial charge in [0, 0.05) is 6.42 Å². The normalized spacial score (nSPS) is 13.3. The van der Waals surface area contributed by atoms with Crippen molar-refractivity contribution >= 4 is 11.9 Å². The Morgan fingerprint density at radius 3 is 1.33 bits per heavy atom. The Labute approximate surface area is 342 Å². The number of hydrogen-bond acceptors (Lipinski definition) is 5. The maximum atomic E-state index is 13.1. The van der Waals surface area contributed by atoms with E-state index in [4.69, 9.17) is 4.74 Å². The number of amides is 1. The molecular weight excluding hydrogens is 683 g/mol. The van der Waals surface area contributed by atoms with Crippen LogP contribution in [0.2, 0.25) is 0 Å². The highest BCUT2D eigenvalue weighted by Gasteiger charge is 2.24. The van der Waals surface area contributed by atoms with Gasteiger partial charge in [0.1, 0.15) is 6.10 Å². The molecule has 0 fully saturated rings. The van der Waals surface area contributed by atoms with E-state index in [-0.39, 0.29) is 24.9 Å². The number of esters is 1. The van der Waals surface area contributed by atoms with Crippen LogP contribution in [-0.2, 0) is 14.3 Å². The molecule has 0 saturated carbocycles. The van der Waals surface area contributed by atoms with Gasteiger partial charge in [0.25, 0.3) is 0 Å². The molecule has 0 bridgehead atoms. The number of ether oxygens (including phenoxy) is 1. The van der Waals surface area contributed by atoms with Crippen LogP contribution in [0.25, 0.3) is 0 Å². The van der Waals surface area contributed by atoms with E-state index < -0.39 is 18.2 Å². The minimum Gasteiger partial charge on any atom is -0.462 e. The van der Waals surface area contributed by atoms with E-state index in [1.54, 1.807) is 0 Å². The van der Waals surface area contributed by atoms with Gasteiger partial charge in [-0.15, -0.1) is 0 Å². The summed E-state index contributed by atoms with van der Waals surface area (Å²) in [7, 11) is 0. The van der Waals surface area contributed by atoms with Crippen LogP contribution in [0.5, 0.6) is 0 Å². The lowest BCUT2D eigenvalue weighted by molar-refractivity contribution is -0.151. The van der Waals surface area contributed by atoms with Crippen molar-refractivity contribution in [2.24, 2.45) is 0 Å². The molecule has 0 aromatic rings. The van der Waals surface area contributed by atoms with E-state index in [1.165, 1.54) is 167 Å². The number of aliphatic hydroxyl groups excluding tert-OH is 2. The molecule has 1 amide bonds. The van der Waals surface area contributed by atoms with Crippen molar-refractivity contribution in [2.45, 2.75) is 283 Å². The third-order valence-corrected chi connectivity index (χ3v) is 11.3. The Kier molecular flexibility index (Phi) is 42.6. The molecule has 0 aliphatic heterocycles. The highest BCUT2D eigenvalue weighted by Crippen LogP contribution is 2.18. The maximum Gasteiger partial charge on any atom is 0.306 e. The molecule has 6 nitrogen and oxygen atoms in total. The summed E-state index contributed by atoms with van der Waals surface area (Å²) >= 11 is 0. The predicted octanol–water partition coefficient (Wildman–Crippen LogP) is 14.2. The predicted molar refractivity (Wildman–Crippen MR) is 237 cm³/mol. The lowest BCUT2D eigenvalue weighted by atomic mass is 10.0. The second-order valence-corrected chi connectivity index (χ2v) is 16.9. The standard InChI is InChI=1S/C49H95NO5/c1-4-7-10-13-16-18-20-22-23-24-25-26-27-29-32-35-38-41-47(52)46(44-51)50-48(53)43-45(40-37-34-31-15-12-9-6-3)55-49(54)42-39-36-33-30-28-21-19-17-14-11-8-5-2/h17,19,45-47,51-52H,4-16,18,20-44H2,1-3H3,(H,50,53)/b19-17-. The summed E-state index contributed by atoms with van der Waals surface area (Å²) in [5, 5.41) is 23.7. The first-order valence-corrected chi connectivity index (χ1v) is 24.4. The molecule has 0 radical (unpaired) electrons. The van der Waals surface area contributed by atoms with E-state index in [9.17, 15) is 19.8 Å². The van der Waals surface area contributed by atoms with Crippen molar-refractivity contribution in [1.29, 1.82) is 0 Å². The van der Waals surface area contributed by atoms with Gasteiger partial charge in [-0.25, -0.2) is 0 Å². The molecule has 3 unspecified atom stereocenters. The SMILES string of the molecule is CCCCC/C=C\CCCCCCCC(=O)OC(CCCCCCCCC)CC(=O)NC(CO)C(O)CCCCCCCCCCCCCCCCCCC. The second kappa shape index (κ2) is 43.7. The van der Waals surface area contributed by atoms with Crippen LogP contribution >= 0.6 is 0 Å². The van der Waals surface area contributed by atoms with Crippen molar-refractivity contribution in [2.75, 3.05) is 6.61 Å². The largest absolute Gasteiger partial charge is 0.462 e. The average Bonchev–Trinajstić information content (AvgIpc) is 3.18. The molecule has 55 heavy (non-hydrogen) atoms. The van der Waals surface area contributed by atoms with Gasteiger partial charge in [0.05, 0.1) is 25.2 Å². The van der Waals surface area contributed by atoms with E-state index in [1.807, 2.05) is 0 Å². The third-order valence-electron chi connectivity index (χ3n) is 11.3. The molecule has 0 aromatic heterocycles. The molecule has 0 aliphatic rings. The molecule has 0 rings (SSSR count). The molecule has 3 atom stereocenters. The van der Waals surface area contributed by atoms with Crippen LogP contribution in [0, 0.1) is 0 Å². The van der Waals surface area contributed by atoms with Gasteiger partial charge in [0.15, 0.2) is 0 Å². The molecular formula is C49H95NO5. The zero-order valence-corrected chi connectivity index (χ0v) is 37.1. The summed E-state index contributed by atoms with van der Waals surface area (Å²) in [6.07, 6.45) is 47.1. The third kappa shape index (κ3) is 39.2. The van der Waals surface area contributed by atoms with Gasteiger partial charge in [-0.3, -0.25) is 9.59 Å². The number of nitrogens with one attached hydrogen (secondary N) is 1. The van der Waals surface area contributed by atoms with Crippen molar-refractivity contribution < 1.29 is 24.5 Å². The summed E-state index contributed by atoms with van der Waals surface area (Å²) in [5.74, 6) is -0.478. The van der Waals surface area contributed by atoms with Crippen LogP contribution < -0.4 is 5.32 Å². The number of rotatable bonds is 44. The van der Waals surface area contributed by atoms with E-state index in [0.29, 0.717) is 19.3 Å². The molecule has 0 heterocycles. The summed E-state index contributed by atoms with van der Waals surface area (Å²) < 4.78 is 5.87. The van der Waals surface area contributed by atoms with Crippen molar-refractivity contribution in [3.8, 4) is 0 Å². The number of unbranched alkanes of at least 4 members (excludes halogenated alkanes) is 30. The Balaban J connectivity index is 4.33. The number of aliphatic hydroxyl groups is 2. The van der Waals surface area contributed by atoms with Crippen LogP contribution in [-0.4, -0.2) is 46.9 Å². The van der Waals surface area contributed by atoms with Crippen LogP contribution in [0.1, 0.15) is 265 Å². The Morgan fingerprint density at radius 1 is 0.509 bits per heavy atom. The van der Waals surface area contributed by atoms with E-state index in [0.717, 1.165) is 51.4 Å². The van der Waals surface area contributed by atoms with Gasteiger partial charge < -0.3 is 20.3 Å².